The summed E-state index contributed by atoms with van der Waals surface area (Å²) in [6.07, 6.45) is 1.82. The van der Waals surface area contributed by atoms with Crippen molar-refractivity contribution >= 4 is 29.2 Å². The van der Waals surface area contributed by atoms with E-state index in [0.29, 0.717) is 12.3 Å². The lowest BCUT2D eigenvalue weighted by Gasteiger charge is -2.25. The molecule has 1 amide bonds. The average molecular weight is 453 g/mol. The molecule has 3 rings (SSSR count). The van der Waals surface area contributed by atoms with Crippen LogP contribution < -0.4 is 21.9 Å². The van der Waals surface area contributed by atoms with Gasteiger partial charge in [0.25, 0.3) is 5.56 Å². The number of aromatic nitrogens is 2. The fourth-order valence-electron chi connectivity index (χ4n) is 3.34. The number of anilines is 2. The van der Waals surface area contributed by atoms with Gasteiger partial charge in [0.05, 0.1) is 6.54 Å². The predicted molar refractivity (Wildman–Crippen MR) is 130 cm³/mol. The molecule has 0 aliphatic heterocycles. The molecular formula is C24H28N4O3S. The van der Waals surface area contributed by atoms with Crippen LogP contribution in [-0.4, -0.2) is 21.2 Å². The second-order valence-corrected chi connectivity index (χ2v) is 8.54. The Bertz CT molecular complexity index is 1140. The van der Waals surface area contributed by atoms with E-state index < -0.39 is 11.2 Å². The lowest BCUT2D eigenvalue weighted by atomic mass is 10.2. The van der Waals surface area contributed by atoms with E-state index in [1.165, 1.54) is 9.47 Å². The minimum atomic E-state index is -0.653. The Morgan fingerprint density at radius 2 is 1.72 bits per heavy atom. The zero-order valence-electron chi connectivity index (χ0n) is 18.1. The lowest BCUT2D eigenvalue weighted by molar-refractivity contribution is -0.118. The highest BCUT2D eigenvalue weighted by molar-refractivity contribution is 7.99. The van der Waals surface area contributed by atoms with Gasteiger partial charge in [-0.1, -0.05) is 61.9 Å². The number of nitrogen functional groups attached to an aromatic ring is 1. The van der Waals surface area contributed by atoms with Crippen LogP contribution in [0.5, 0.6) is 0 Å². The maximum Gasteiger partial charge on any atom is 0.330 e. The van der Waals surface area contributed by atoms with Gasteiger partial charge < -0.3 is 10.6 Å². The average Bonchev–Trinajstić information content (AvgIpc) is 2.79. The summed E-state index contributed by atoms with van der Waals surface area (Å²) in [5, 5.41) is 0. The number of benzene rings is 2. The zero-order chi connectivity index (χ0) is 22.9. The van der Waals surface area contributed by atoms with Gasteiger partial charge in [-0.25, -0.2) is 4.79 Å². The van der Waals surface area contributed by atoms with E-state index in [-0.39, 0.29) is 30.4 Å². The van der Waals surface area contributed by atoms with Crippen molar-refractivity contribution < 1.29 is 4.79 Å². The van der Waals surface area contributed by atoms with E-state index in [4.69, 9.17) is 5.73 Å². The molecule has 0 aliphatic rings. The van der Waals surface area contributed by atoms with Crippen LogP contribution >= 0.6 is 11.8 Å². The van der Waals surface area contributed by atoms with Crippen LogP contribution in [0.4, 0.5) is 11.5 Å². The Kier molecular flexibility index (Phi) is 8.33. The topological polar surface area (TPSA) is 101 Å². The standard InChI is InChI=1S/C24H28N4O3S/c1-2-3-15-27-22(25)21(23(30)26-24(27)31)28(17-18-10-6-4-7-11-18)20(29)14-16-32-19-12-8-5-9-13-19/h4-13H,2-3,14-17,25H2,1H3,(H,26,30,31). The van der Waals surface area contributed by atoms with Crippen LogP contribution in [-0.2, 0) is 17.9 Å². The molecule has 0 saturated heterocycles. The second-order valence-electron chi connectivity index (χ2n) is 7.38. The van der Waals surface area contributed by atoms with Gasteiger partial charge in [-0.3, -0.25) is 19.1 Å². The van der Waals surface area contributed by atoms with Crippen molar-refractivity contribution in [1.82, 2.24) is 9.55 Å². The number of nitrogens with one attached hydrogen (secondary N) is 1. The van der Waals surface area contributed by atoms with Crippen molar-refractivity contribution in [3.8, 4) is 0 Å². The molecule has 0 saturated carbocycles. The van der Waals surface area contributed by atoms with Crippen LogP contribution in [0.3, 0.4) is 0 Å². The number of hydrogen-bond acceptors (Lipinski definition) is 5. The quantitative estimate of drug-likeness (QED) is 0.458. The zero-order valence-corrected chi connectivity index (χ0v) is 18.9. The molecule has 0 aliphatic carbocycles. The summed E-state index contributed by atoms with van der Waals surface area (Å²) < 4.78 is 1.34. The van der Waals surface area contributed by atoms with Gasteiger partial charge in [0.1, 0.15) is 5.82 Å². The first-order chi connectivity index (χ1) is 15.5. The lowest BCUT2D eigenvalue weighted by Crippen LogP contribution is -2.41. The summed E-state index contributed by atoms with van der Waals surface area (Å²) in [6.45, 7) is 2.57. The van der Waals surface area contributed by atoms with Crippen molar-refractivity contribution in [3.63, 3.8) is 0 Å². The molecule has 1 aromatic heterocycles. The van der Waals surface area contributed by atoms with Gasteiger partial charge in [-0.2, -0.15) is 0 Å². The number of carbonyl (C=O) groups is 1. The highest BCUT2D eigenvalue weighted by Gasteiger charge is 2.24. The van der Waals surface area contributed by atoms with Crippen molar-refractivity contribution in [2.75, 3.05) is 16.4 Å². The summed E-state index contributed by atoms with van der Waals surface area (Å²) in [6, 6.07) is 19.2. The highest BCUT2D eigenvalue weighted by Crippen LogP contribution is 2.23. The Labute approximate surface area is 191 Å². The van der Waals surface area contributed by atoms with Gasteiger partial charge in [0, 0.05) is 23.6 Å². The van der Waals surface area contributed by atoms with Crippen molar-refractivity contribution in [3.05, 3.63) is 87.1 Å². The summed E-state index contributed by atoms with van der Waals surface area (Å²) in [4.78, 5) is 43.2. The van der Waals surface area contributed by atoms with Crippen LogP contribution in [0.15, 0.2) is 75.1 Å². The number of nitrogens with two attached hydrogens (primary N) is 1. The SMILES string of the molecule is CCCCn1c(N)c(N(Cc2ccccc2)C(=O)CCSc2ccccc2)c(=O)[nH]c1=O. The number of aromatic amines is 1. The molecule has 0 unspecified atom stereocenters. The number of hydrogen-bond donors (Lipinski definition) is 2. The van der Waals surface area contributed by atoms with Crippen molar-refractivity contribution in [2.24, 2.45) is 0 Å². The molecule has 7 nitrogen and oxygen atoms in total. The second kappa shape index (κ2) is 11.4. The van der Waals surface area contributed by atoms with Gasteiger partial charge in [0.2, 0.25) is 5.91 Å². The number of amides is 1. The minimum Gasteiger partial charge on any atom is -0.383 e. The van der Waals surface area contributed by atoms with Crippen molar-refractivity contribution in [1.29, 1.82) is 0 Å². The Hall–Kier alpha value is -3.26. The summed E-state index contributed by atoms with van der Waals surface area (Å²) in [5.41, 5.74) is 5.96. The number of nitrogens with zero attached hydrogens (tertiary/aromatic N) is 2. The molecule has 168 valence electrons. The molecule has 0 bridgehead atoms. The Morgan fingerprint density at radius 1 is 1.06 bits per heavy atom. The molecule has 0 fully saturated rings. The first kappa shape index (κ1) is 23.4. The fraction of sp³-hybridized carbons (Fsp3) is 0.292. The summed E-state index contributed by atoms with van der Waals surface area (Å²) in [7, 11) is 0. The highest BCUT2D eigenvalue weighted by atomic mass is 32.2. The van der Waals surface area contributed by atoms with Crippen LogP contribution in [0.1, 0.15) is 31.7 Å². The van der Waals surface area contributed by atoms with Gasteiger partial charge >= 0.3 is 5.69 Å². The van der Waals surface area contributed by atoms with E-state index in [0.717, 1.165) is 23.3 Å². The van der Waals surface area contributed by atoms with Gasteiger partial charge in [0.15, 0.2) is 5.69 Å². The fourth-order valence-corrected chi connectivity index (χ4v) is 4.20. The summed E-state index contributed by atoms with van der Waals surface area (Å²) >= 11 is 1.57. The number of unbranched alkanes of at least 4 members (excludes halogenated alkanes) is 1. The predicted octanol–water partition coefficient (Wildman–Crippen LogP) is 3.63. The molecule has 0 atom stereocenters. The maximum absolute atomic E-state index is 13.3. The van der Waals surface area contributed by atoms with Crippen LogP contribution in [0.2, 0.25) is 0 Å². The van der Waals surface area contributed by atoms with Crippen molar-refractivity contribution in [2.45, 2.75) is 44.2 Å². The van der Waals surface area contributed by atoms with E-state index in [9.17, 15) is 14.4 Å². The molecule has 2 aromatic carbocycles. The Balaban J connectivity index is 1.91. The van der Waals surface area contributed by atoms with E-state index in [1.807, 2.05) is 67.6 Å². The molecule has 0 radical (unpaired) electrons. The van der Waals surface area contributed by atoms with E-state index in [1.54, 1.807) is 11.8 Å². The third-order valence-electron chi connectivity index (χ3n) is 5.03. The molecule has 32 heavy (non-hydrogen) atoms. The molecule has 3 aromatic rings. The van der Waals surface area contributed by atoms with E-state index >= 15 is 0 Å². The molecule has 0 spiro atoms. The third kappa shape index (κ3) is 5.91. The van der Waals surface area contributed by atoms with E-state index in [2.05, 4.69) is 4.98 Å². The first-order valence-corrected chi connectivity index (χ1v) is 11.6. The van der Waals surface area contributed by atoms with Gasteiger partial charge in [-0.15, -0.1) is 11.8 Å². The van der Waals surface area contributed by atoms with Crippen LogP contribution in [0.25, 0.3) is 0 Å². The largest absolute Gasteiger partial charge is 0.383 e. The molecule has 3 N–H and O–H groups in total. The van der Waals surface area contributed by atoms with Crippen LogP contribution in [0, 0.1) is 0 Å². The molecule has 8 heteroatoms. The molecular weight excluding hydrogens is 424 g/mol. The number of H-pyrrole nitrogens is 1. The maximum atomic E-state index is 13.3. The van der Waals surface area contributed by atoms with Gasteiger partial charge in [-0.05, 0) is 24.1 Å². The normalized spacial score (nSPS) is 10.8. The number of rotatable bonds is 10. The first-order valence-electron chi connectivity index (χ1n) is 10.7. The summed E-state index contributed by atoms with van der Waals surface area (Å²) in [5.74, 6) is 0.351. The number of thioether (sulfide) groups is 1. The third-order valence-corrected chi connectivity index (χ3v) is 6.05. The Morgan fingerprint density at radius 3 is 2.38 bits per heavy atom. The number of carbonyl (C=O) groups excluding carboxylic acids is 1. The molecule has 1 heterocycles. The minimum absolute atomic E-state index is 0.0205. The monoisotopic (exact) mass is 452 g/mol. The smallest absolute Gasteiger partial charge is 0.330 e.